The van der Waals surface area contributed by atoms with Crippen molar-refractivity contribution in [3.8, 4) is 0 Å². The van der Waals surface area contributed by atoms with Crippen molar-refractivity contribution in [1.29, 1.82) is 0 Å². The van der Waals surface area contributed by atoms with Crippen molar-refractivity contribution in [2.75, 3.05) is 13.1 Å². The molecule has 23 heavy (non-hydrogen) atoms. The third-order valence-electron chi connectivity index (χ3n) is 5.42. The number of nitrogens with zero attached hydrogens (tertiary/aromatic N) is 2. The van der Waals surface area contributed by atoms with Crippen molar-refractivity contribution in [3.63, 3.8) is 0 Å². The second-order valence-corrected chi connectivity index (χ2v) is 7.67. The Bertz CT molecular complexity index is 693. The fourth-order valence-electron chi connectivity index (χ4n) is 4.30. The van der Waals surface area contributed by atoms with E-state index in [0.29, 0.717) is 12.0 Å². The molecule has 3 nitrogen and oxygen atoms in total. The lowest BCUT2D eigenvalue weighted by Gasteiger charge is -2.29. The largest absolute Gasteiger partial charge is 0.327 e. The summed E-state index contributed by atoms with van der Waals surface area (Å²) in [5, 5.41) is 1.20. The van der Waals surface area contributed by atoms with E-state index >= 15 is 0 Å². The molecule has 124 valence electrons. The number of hydrogen-bond donors (Lipinski definition) is 1. The van der Waals surface area contributed by atoms with Crippen molar-refractivity contribution >= 4 is 39.2 Å². The fourth-order valence-corrected chi connectivity index (χ4v) is 4.76. The van der Waals surface area contributed by atoms with Crippen molar-refractivity contribution in [1.82, 2.24) is 9.88 Å². The van der Waals surface area contributed by atoms with Gasteiger partial charge in [0.1, 0.15) is 0 Å². The van der Waals surface area contributed by atoms with Gasteiger partial charge in [-0.05, 0) is 42.4 Å². The third-order valence-corrected chi connectivity index (χ3v) is 6.12. The molecule has 0 bridgehead atoms. The molecule has 3 unspecified atom stereocenters. The molecule has 1 saturated heterocycles. The Morgan fingerprint density at radius 3 is 2.91 bits per heavy atom. The number of halogens is 2. The Morgan fingerprint density at radius 1 is 1.22 bits per heavy atom. The molecule has 2 heterocycles. The molecule has 0 radical (unpaired) electrons. The van der Waals surface area contributed by atoms with Crippen molar-refractivity contribution < 1.29 is 0 Å². The van der Waals surface area contributed by atoms with Gasteiger partial charge in [0.25, 0.3) is 0 Å². The SMILES string of the molecule is Cl.NC1CCCC2CN(Cc3ccc(Br)c4cccnc34)CC12. The topological polar surface area (TPSA) is 42.1 Å². The first kappa shape index (κ1) is 17.2. The number of pyridine rings is 1. The van der Waals surface area contributed by atoms with Gasteiger partial charge in [0.15, 0.2) is 0 Å². The third kappa shape index (κ3) is 3.27. The summed E-state index contributed by atoms with van der Waals surface area (Å²) in [7, 11) is 0. The highest BCUT2D eigenvalue weighted by Gasteiger charge is 2.38. The number of aromatic nitrogens is 1. The van der Waals surface area contributed by atoms with Crippen LogP contribution in [-0.4, -0.2) is 29.0 Å². The summed E-state index contributed by atoms with van der Waals surface area (Å²) in [5.41, 5.74) is 8.79. The van der Waals surface area contributed by atoms with Gasteiger partial charge in [0.05, 0.1) is 5.52 Å². The molecule has 2 aliphatic rings. The molecule has 1 aromatic carbocycles. The summed E-state index contributed by atoms with van der Waals surface area (Å²) in [5.74, 6) is 1.50. The second-order valence-electron chi connectivity index (χ2n) is 6.82. The Labute approximate surface area is 152 Å². The molecule has 1 aromatic heterocycles. The number of likely N-dealkylation sites (tertiary alicyclic amines) is 1. The predicted octanol–water partition coefficient (Wildman–Crippen LogP) is 3.98. The average Bonchev–Trinajstić information content (AvgIpc) is 2.95. The van der Waals surface area contributed by atoms with Gasteiger partial charge in [0, 0.05) is 41.7 Å². The van der Waals surface area contributed by atoms with Crippen LogP contribution >= 0.6 is 28.3 Å². The molecule has 5 heteroatoms. The second kappa shape index (κ2) is 7.06. The van der Waals surface area contributed by atoms with E-state index in [1.807, 2.05) is 12.3 Å². The maximum absolute atomic E-state index is 6.34. The number of rotatable bonds is 2. The minimum absolute atomic E-state index is 0. The molecular formula is C18H23BrClN3. The molecule has 3 atom stereocenters. The Balaban J connectivity index is 0.00000156. The van der Waals surface area contributed by atoms with Gasteiger partial charge in [0.2, 0.25) is 0 Å². The number of nitrogens with two attached hydrogens (primary N) is 1. The minimum atomic E-state index is 0. The highest BCUT2D eigenvalue weighted by molar-refractivity contribution is 9.10. The summed E-state index contributed by atoms with van der Waals surface area (Å²) in [6, 6.07) is 8.90. The van der Waals surface area contributed by atoms with E-state index in [1.165, 1.54) is 36.8 Å². The van der Waals surface area contributed by atoms with Gasteiger partial charge in [-0.15, -0.1) is 12.4 Å². The zero-order valence-electron chi connectivity index (χ0n) is 13.1. The number of benzene rings is 1. The lowest BCUT2D eigenvalue weighted by molar-refractivity contribution is 0.259. The van der Waals surface area contributed by atoms with Crippen LogP contribution in [0.2, 0.25) is 0 Å². The molecule has 2 fully saturated rings. The van der Waals surface area contributed by atoms with E-state index < -0.39 is 0 Å². The van der Waals surface area contributed by atoms with Crippen LogP contribution in [0, 0.1) is 11.8 Å². The van der Waals surface area contributed by atoms with E-state index in [9.17, 15) is 0 Å². The standard InChI is InChI=1S/C18H22BrN3.ClH/c19-16-7-6-13(18-14(16)4-2-8-21-18)10-22-9-12-3-1-5-17(20)15(12)11-22;/h2,4,6-8,12,15,17H,1,3,5,9-11,20H2;1H. The van der Waals surface area contributed by atoms with Gasteiger partial charge in [-0.25, -0.2) is 0 Å². The smallest absolute Gasteiger partial charge is 0.0758 e. The predicted molar refractivity (Wildman–Crippen MR) is 101 cm³/mol. The molecule has 4 rings (SSSR count). The number of fused-ring (bicyclic) bond motifs is 2. The molecule has 1 aliphatic heterocycles. The van der Waals surface area contributed by atoms with E-state index in [2.05, 4.69) is 44.0 Å². The summed E-state index contributed by atoms with van der Waals surface area (Å²) in [6.07, 6.45) is 5.75. The maximum Gasteiger partial charge on any atom is 0.0758 e. The van der Waals surface area contributed by atoms with Gasteiger partial charge >= 0.3 is 0 Å². The van der Waals surface area contributed by atoms with Gasteiger partial charge in [-0.2, -0.15) is 0 Å². The van der Waals surface area contributed by atoms with E-state index in [4.69, 9.17) is 5.73 Å². The molecule has 1 saturated carbocycles. The van der Waals surface area contributed by atoms with Gasteiger partial charge < -0.3 is 5.73 Å². The first-order valence-corrected chi connectivity index (χ1v) is 9.02. The van der Waals surface area contributed by atoms with E-state index in [1.54, 1.807) is 0 Å². The summed E-state index contributed by atoms with van der Waals surface area (Å²) in [6.45, 7) is 3.33. The fraction of sp³-hybridized carbons (Fsp3) is 0.500. The van der Waals surface area contributed by atoms with Crippen molar-refractivity contribution in [3.05, 3.63) is 40.5 Å². The van der Waals surface area contributed by atoms with E-state index in [-0.39, 0.29) is 12.4 Å². The maximum atomic E-state index is 6.34. The molecule has 2 aromatic rings. The Morgan fingerprint density at radius 2 is 2.09 bits per heavy atom. The van der Waals surface area contributed by atoms with Crippen LogP contribution in [0.25, 0.3) is 10.9 Å². The molecule has 2 N–H and O–H groups in total. The molecule has 0 spiro atoms. The van der Waals surface area contributed by atoms with E-state index in [0.717, 1.165) is 29.0 Å². The van der Waals surface area contributed by atoms with Crippen LogP contribution in [0.15, 0.2) is 34.9 Å². The summed E-state index contributed by atoms with van der Waals surface area (Å²) < 4.78 is 1.12. The first-order chi connectivity index (χ1) is 10.7. The summed E-state index contributed by atoms with van der Waals surface area (Å²) >= 11 is 3.63. The average molecular weight is 397 g/mol. The number of hydrogen-bond acceptors (Lipinski definition) is 3. The highest BCUT2D eigenvalue weighted by atomic mass is 79.9. The first-order valence-electron chi connectivity index (χ1n) is 8.22. The monoisotopic (exact) mass is 395 g/mol. The van der Waals surface area contributed by atoms with Crippen molar-refractivity contribution in [2.24, 2.45) is 17.6 Å². The van der Waals surface area contributed by atoms with Gasteiger partial charge in [-0.3, -0.25) is 9.88 Å². The van der Waals surface area contributed by atoms with Gasteiger partial charge in [-0.1, -0.05) is 34.5 Å². The zero-order chi connectivity index (χ0) is 15.1. The van der Waals surface area contributed by atoms with Crippen LogP contribution in [0.4, 0.5) is 0 Å². The van der Waals surface area contributed by atoms with Crippen molar-refractivity contribution in [2.45, 2.75) is 31.8 Å². The summed E-state index contributed by atoms with van der Waals surface area (Å²) in [4.78, 5) is 7.19. The normalized spacial score (nSPS) is 27.7. The Kier molecular flexibility index (Phi) is 5.26. The lowest BCUT2D eigenvalue weighted by atomic mass is 9.78. The van der Waals surface area contributed by atoms with Crippen LogP contribution in [0.5, 0.6) is 0 Å². The zero-order valence-corrected chi connectivity index (χ0v) is 15.5. The Hall–Kier alpha value is -0.680. The highest BCUT2D eigenvalue weighted by Crippen LogP contribution is 2.36. The minimum Gasteiger partial charge on any atom is -0.327 e. The molecule has 1 aliphatic carbocycles. The quantitative estimate of drug-likeness (QED) is 0.835. The van der Waals surface area contributed by atoms with Crippen LogP contribution in [0.1, 0.15) is 24.8 Å². The van der Waals surface area contributed by atoms with Crippen LogP contribution in [-0.2, 0) is 6.54 Å². The molecule has 0 amide bonds. The lowest BCUT2D eigenvalue weighted by Crippen LogP contribution is -2.38. The van der Waals surface area contributed by atoms with Crippen LogP contribution in [0.3, 0.4) is 0 Å². The molecular weight excluding hydrogens is 374 g/mol. The van der Waals surface area contributed by atoms with Crippen LogP contribution < -0.4 is 5.73 Å².